The smallest absolute Gasteiger partial charge is 0.248 e. The van der Waals surface area contributed by atoms with Crippen molar-refractivity contribution in [3.63, 3.8) is 0 Å². The Morgan fingerprint density at radius 2 is 2.27 bits per heavy atom. The standard InChI is InChI=1S/C11H19NO3/c1-14-8-11(13)12(10-2-3-10)6-9-4-5-15-7-9/h9-10H,2-8H2,1H3/t9-/m1/s1. The molecule has 0 aromatic heterocycles. The highest BCUT2D eigenvalue weighted by atomic mass is 16.5. The van der Waals surface area contributed by atoms with Crippen LogP contribution < -0.4 is 0 Å². The molecule has 4 heteroatoms. The van der Waals surface area contributed by atoms with E-state index in [-0.39, 0.29) is 12.5 Å². The molecule has 1 aliphatic carbocycles. The predicted octanol–water partition coefficient (Wildman–Crippen LogP) is 0.660. The summed E-state index contributed by atoms with van der Waals surface area (Å²) in [6.45, 7) is 2.72. The van der Waals surface area contributed by atoms with Crippen molar-refractivity contribution in [2.45, 2.75) is 25.3 Å². The van der Waals surface area contributed by atoms with Crippen LogP contribution in [0.5, 0.6) is 0 Å². The maximum atomic E-state index is 11.8. The lowest BCUT2D eigenvalue weighted by atomic mass is 10.1. The van der Waals surface area contributed by atoms with Crippen LogP contribution >= 0.6 is 0 Å². The Balaban J connectivity index is 1.84. The first-order chi connectivity index (χ1) is 7.31. The second-order valence-corrected chi connectivity index (χ2v) is 4.44. The van der Waals surface area contributed by atoms with Crippen LogP contribution in [0.15, 0.2) is 0 Å². The molecule has 1 heterocycles. The minimum absolute atomic E-state index is 0.131. The van der Waals surface area contributed by atoms with Crippen molar-refractivity contribution in [2.75, 3.05) is 33.5 Å². The molecular weight excluding hydrogens is 194 g/mol. The van der Waals surface area contributed by atoms with E-state index in [0.29, 0.717) is 12.0 Å². The summed E-state index contributed by atoms with van der Waals surface area (Å²) in [5.74, 6) is 0.665. The van der Waals surface area contributed by atoms with Gasteiger partial charge >= 0.3 is 0 Å². The van der Waals surface area contributed by atoms with E-state index in [9.17, 15) is 4.79 Å². The Hall–Kier alpha value is -0.610. The number of hydrogen-bond acceptors (Lipinski definition) is 3. The number of carbonyl (C=O) groups is 1. The van der Waals surface area contributed by atoms with Crippen molar-refractivity contribution in [3.05, 3.63) is 0 Å². The van der Waals surface area contributed by atoms with Crippen LogP contribution in [0.2, 0.25) is 0 Å². The third-order valence-corrected chi connectivity index (χ3v) is 3.05. The lowest BCUT2D eigenvalue weighted by Crippen LogP contribution is -2.39. The molecule has 0 spiro atoms. The van der Waals surface area contributed by atoms with E-state index in [4.69, 9.17) is 9.47 Å². The molecule has 1 amide bonds. The minimum Gasteiger partial charge on any atom is -0.381 e. The number of ether oxygens (including phenoxy) is 2. The molecule has 0 aromatic carbocycles. The molecule has 2 aliphatic rings. The van der Waals surface area contributed by atoms with E-state index < -0.39 is 0 Å². The third-order valence-electron chi connectivity index (χ3n) is 3.05. The summed E-state index contributed by atoms with van der Waals surface area (Å²) in [5.41, 5.74) is 0. The van der Waals surface area contributed by atoms with Gasteiger partial charge in [0.25, 0.3) is 0 Å². The summed E-state index contributed by atoms with van der Waals surface area (Å²) in [7, 11) is 1.57. The molecule has 15 heavy (non-hydrogen) atoms. The summed E-state index contributed by atoms with van der Waals surface area (Å²) in [6, 6.07) is 0.480. The third kappa shape index (κ3) is 2.92. The van der Waals surface area contributed by atoms with Crippen molar-refractivity contribution >= 4 is 5.91 Å². The van der Waals surface area contributed by atoms with Gasteiger partial charge in [-0.15, -0.1) is 0 Å². The molecule has 1 atom stereocenters. The Kier molecular flexibility index (Phi) is 3.59. The highest BCUT2D eigenvalue weighted by molar-refractivity contribution is 5.78. The van der Waals surface area contributed by atoms with Crippen LogP contribution in [0.4, 0.5) is 0 Å². The highest BCUT2D eigenvalue weighted by Crippen LogP contribution is 2.29. The Labute approximate surface area is 90.5 Å². The molecule has 86 valence electrons. The molecule has 0 bridgehead atoms. The molecule has 0 N–H and O–H groups in total. The summed E-state index contributed by atoms with van der Waals surface area (Å²) < 4.78 is 10.2. The topological polar surface area (TPSA) is 38.8 Å². The number of rotatable bonds is 5. The summed E-state index contributed by atoms with van der Waals surface area (Å²) in [5, 5.41) is 0. The summed E-state index contributed by atoms with van der Waals surface area (Å²) in [4.78, 5) is 13.8. The van der Waals surface area contributed by atoms with Crippen LogP contribution in [-0.2, 0) is 14.3 Å². The second kappa shape index (κ2) is 4.94. The van der Waals surface area contributed by atoms with Gasteiger partial charge in [-0.3, -0.25) is 4.79 Å². The minimum atomic E-state index is 0.131. The predicted molar refractivity (Wildman–Crippen MR) is 55.5 cm³/mol. The normalized spacial score (nSPS) is 25.5. The number of nitrogens with zero attached hydrogens (tertiary/aromatic N) is 1. The highest BCUT2D eigenvalue weighted by Gasteiger charge is 2.34. The van der Waals surface area contributed by atoms with Gasteiger partial charge in [-0.2, -0.15) is 0 Å². The van der Waals surface area contributed by atoms with Gasteiger partial charge in [-0.05, 0) is 19.3 Å². The summed E-state index contributed by atoms with van der Waals surface area (Å²) >= 11 is 0. The molecule has 1 saturated carbocycles. The zero-order valence-electron chi connectivity index (χ0n) is 9.28. The van der Waals surface area contributed by atoms with E-state index in [1.165, 1.54) is 0 Å². The lowest BCUT2D eigenvalue weighted by molar-refractivity contribution is -0.136. The fourth-order valence-electron chi connectivity index (χ4n) is 2.05. The van der Waals surface area contributed by atoms with E-state index >= 15 is 0 Å². The molecule has 0 radical (unpaired) electrons. The summed E-state index contributed by atoms with van der Waals surface area (Å²) in [6.07, 6.45) is 3.40. The Bertz CT molecular complexity index is 222. The van der Waals surface area contributed by atoms with Crippen molar-refractivity contribution in [1.29, 1.82) is 0 Å². The first-order valence-electron chi connectivity index (χ1n) is 5.67. The molecule has 2 fully saturated rings. The molecule has 4 nitrogen and oxygen atoms in total. The average Bonchev–Trinajstić information content (AvgIpc) is 2.93. The van der Waals surface area contributed by atoms with Gasteiger partial charge in [0.15, 0.2) is 0 Å². The van der Waals surface area contributed by atoms with Crippen LogP contribution in [0.25, 0.3) is 0 Å². The fourth-order valence-corrected chi connectivity index (χ4v) is 2.05. The van der Waals surface area contributed by atoms with Gasteiger partial charge < -0.3 is 14.4 Å². The van der Waals surface area contributed by atoms with Crippen LogP contribution in [-0.4, -0.2) is 50.3 Å². The van der Waals surface area contributed by atoms with Gasteiger partial charge in [-0.1, -0.05) is 0 Å². The van der Waals surface area contributed by atoms with Crippen LogP contribution in [0.1, 0.15) is 19.3 Å². The van der Waals surface area contributed by atoms with Gasteiger partial charge in [0, 0.05) is 32.2 Å². The number of hydrogen-bond donors (Lipinski definition) is 0. The van der Waals surface area contributed by atoms with E-state index in [2.05, 4.69) is 0 Å². The van der Waals surface area contributed by atoms with E-state index in [0.717, 1.165) is 39.0 Å². The molecule has 1 saturated heterocycles. The van der Waals surface area contributed by atoms with E-state index in [1.54, 1.807) is 7.11 Å². The monoisotopic (exact) mass is 213 g/mol. The van der Waals surface area contributed by atoms with Crippen molar-refractivity contribution in [2.24, 2.45) is 5.92 Å². The molecule has 2 rings (SSSR count). The Morgan fingerprint density at radius 3 is 2.80 bits per heavy atom. The number of amides is 1. The van der Waals surface area contributed by atoms with E-state index in [1.807, 2.05) is 4.90 Å². The number of carbonyl (C=O) groups excluding carboxylic acids is 1. The first-order valence-corrected chi connectivity index (χ1v) is 5.67. The van der Waals surface area contributed by atoms with Crippen molar-refractivity contribution in [1.82, 2.24) is 4.90 Å². The molecule has 1 aliphatic heterocycles. The van der Waals surface area contributed by atoms with Gasteiger partial charge in [0.1, 0.15) is 6.61 Å². The van der Waals surface area contributed by atoms with Crippen molar-refractivity contribution < 1.29 is 14.3 Å². The maximum Gasteiger partial charge on any atom is 0.248 e. The SMILES string of the molecule is COCC(=O)N(C[C@H]1CCOC1)C1CC1. The molecule has 0 unspecified atom stereocenters. The largest absolute Gasteiger partial charge is 0.381 e. The van der Waals surface area contributed by atoms with Crippen LogP contribution in [0.3, 0.4) is 0 Å². The average molecular weight is 213 g/mol. The zero-order chi connectivity index (χ0) is 10.7. The second-order valence-electron chi connectivity index (χ2n) is 4.44. The number of methoxy groups -OCH3 is 1. The molecule has 0 aromatic rings. The Morgan fingerprint density at radius 1 is 1.47 bits per heavy atom. The quantitative estimate of drug-likeness (QED) is 0.673. The fraction of sp³-hybridized carbons (Fsp3) is 0.909. The first kappa shape index (κ1) is 10.9. The van der Waals surface area contributed by atoms with Gasteiger partial charge in [0.2, 0.25) is 5.91 Å². The maximum absolute atomic E-state index is 11.8. The zero-order valence-corrected chi connectivity index (χ0v) is 9.28. The van der Waals surface area contributed by atoms with Gasteiger partial charge in [0.05, 0.1) is 6.61 Å². The van der Waals surface area contributed by atoms with Crippen LogP contribution in [0, 0.1) is 5.92 Å². The van der Waals surface area contributed by atoms with Crippen molar-refractivity contribution in [3.8, 4) is 0 Å². The van der Waals surface area contributed by atoms with Gasteiger partial charge in [-0.25, -0.2) is 0 Å². The lowest BCUT2D eigenvalue weighted by Gasteiger charge is -2.24. The molecular formula is C11H19NO3.